The standard InChI is InChI=1S/C16H13BrN2O2/c1-11(20)14-8-12(17)5-6-15(14)21-10-13-9-19-7-3-2-4-16(19)18-13/h2-9H,10H2,1H3. The maximum atomic E-state index is 11.7. The third-order valence-corrected chi connectivity index (χ3v) is 3.60. The van der Waals surface area contributed by atoms with Gasteiger partial charge in [-0.25, -0.2) is 4.98 Å². The Bertz CT molecular complexity index is 778. The number of hydrogen-bond donors (Lipinski definition) is 0. The molecule has 0 saturated heterocycles. The molecule has 0 atom stereocenters. The van der Waals surface area contributed by atoms with E-state index in [-0.39, 0.29) is 5.78 Å². The van der Waals surface area contributed by atoms with Gasteiger partial charge in [0.2, 0.25) is 0 Å². The average molecular weight is 345 g/mol. The van der Waals surface area contributed by atoms with E-state index in [4.69, 9.17) is 4.74 Å². The molecule has 21 heavy (non-hydrogen) atoms. The van der Waals surface area contributed by atoms with Crippen LogP contribution in [0, 0.1) is 0 Å². The van der Waals surface area contributed by atoms with Gasteiger partial charge >= 0.3 is 0 Å². The van der Waals surface area contributed by atoms with Crippen LogP contribution < -0.4 is 4.74 Å². The van der Waals surface area contributed by atoms with Gasteiger partial charge in [-0.2, -0.15) is 0 Å². The number of halogens is 1. The van der Waals surface area contributed by atoms with Crippen molar-refractivity contribution in [2.45, 2.75) is 13.5 Å². The van der Waals surface area contributed by atoms with E-state index in [1.165, 1.54) is 6.92 Å². The van der Waals surface area contributed by atoms with Gasteiger partial charge in [0.05, 0.1) is 11.3 Å². The fourth-order valence-electron chi connectivity index (χ4n) is 2.11. The molecule has 3 rings (SSSR count). The second kappa shape index (κ2) is 5.69. The molecule has 4 nitrogen and oxygen atoms in total. The molecule has 0 spiro atoms. The summed E-state index contributed by atoms with van der Waals surface area (Å²) < 4.78 is 8.54. The van der Waals surface area contributed by atoms with E-state index >= 15 is 0 Å². The lowest BCUT2D eigenvalue weighted by molar-refractivity contribution is 0.101. The number of aromatic nitrogens is 2. The van der Waals surface area contributed by atoms with Crippen LogP contribution in [0.4, 0.5) is 0 Å². The van der Waals surface area contributed by atoms with Crippen LogP contribution in [0.15, 0.2) is 53.3 Å². The van der Waals surface area contributed by atoms with Crippen molar-refractivity contribution < 1.29 is 9.53 Å². The molecule has 3 aromatic rings. The number of imidazole rings is 1. The molecule has 0 saturated carbocycles. The van der Waals surface area contributed by atoms with Gasteiger partial charge in [-0.1, -0.05) is 22.0 Å². The van der Waals surface area contributed by atoms with Gasteiger partial charge in [0.25, 0.3) is 0 Å². The summed E-state index contributed by atoms with van der Waals surface area (Å²) in [6.07, 6.45) is 3.86. The van der Waals surface area contributed by atoms with E-state index in [0.717, 1.165) is 15.8 Å². The quantitative estimate of drug-likeness (QED) is 0.674. The average Bonchev–Trinajstić information content (AvgIpc) is 2.88. The molecular formula is C16H13BrN2O2. The van der Waals surface area contributed by atoms with E-state index in [9.17, 15) is 4.79 Å². The first-order valence-corrected chi connectivity index (χ1v) is 7.29. The fraction of sp³-hybridized carbons (Fsp3) is 0.125. The lowest BCUT2D eigenvalue weighted by Crippen LogP contribution is -2.02. The Kier molecular flexibility index (Phi) is 3.75. The summed E-state index contributed by atoms with van der Waals surface area (Å²) >= 11 is 3.36. The van der Waals surface area contributed by atoms with Gasteiger partial charge < -0.3 is 9.14 Å². The second-order valence-electron chi connectivity index (χ2n) is 4.68. The zero-order chi connectivity index (χ0) is 14.8. The minimum atomic E-state index is -0.0266. The summed E-state index contributed by atoms with van der Waals surface area (Å²) in [5.74, 6) is 0.545. The minimum Gasteiger partial charge on any atom is -0.486 e. The van der Waals surface area contributed by atoms with Crippen LogP contribution in [-0.4, -0.2) is 15.2 Å². The van der Waals surface area contributed by atoms with Gasteiger partial charge in [0.1, 0.15) is 18.0 Å². The number of Topliss-reactive ketones (excluding diaryl/α,β-unsaturated/α-hetero) is 1. The number of ketones is 1. The molecule has 0 unspecified atom stereocenters. The molecule has 0 radical (unpaired) electrons. The zero-order valence-electron chi connectivity index (χ0n) is 11.4. The Morgan fingerprint density at radius 1 is 1.33 bits per heavy atom. The van der Waals surface area contributed by atoms with Gasteiger partial charge in [-0.3, -0.25) is 4.79 Å². The number of rotatable bonds is 4. The highest BCUT2D eigenvalue weighted by atomic mass is 79.9. The van der Waals surface area contributed by atoms with E-state index < -0.39 is 0 Å². The van der Waals surface area contributed by atoms with Crippen molar-refractivity contribution in [1.29, 1.82) is 0 Å². The molecule has 0 aliphatic heterocycles. The van der Waals surface area contributed by atoms with Crippen LogP contribution in [0.5, 0.6) is 5.75 Å². The Labute approximate surface area is 130 Å². The number of nitrogens with zero attached hydrogens (tertiary/aromatic N) is 2. The van der Waals surface area contributed by atoms with Crippen molar-refractivity contribution in [3.8, 4) is 5.75 Å². The van der Waals surface area contributed by atoms with Crippen molar-refractivity contribution in [2.75, 3.05) is 0 Å². The smallest absolute Gasteiger partial charge is 0.163 e. The summed E-state index contributed by atoms with van der Waals surface area (Å²) in [7, 11) is 0. The van der Waals surface area contributed by atoms with E-state index in [1.54, 1.807) is 12.1 Å². The first-order chi connectivity index (χ1) is 10.1. The van der Waals surface area contributed by atoms with Crippen molar-refractivity contribution in [2.24, 2.45) is 0 Å². The van der Waals surface area contributed by atoms with Crippen LogP contribution in [0.25, 0.3) is 5.65 Å². The van der Waals surface area contributed by atoms with Gasteiger partial charge in [-0.05, 0) is 37.3 Å². The molecule has 0 N–H and O–H groups in total. The number of carbonyl (C=O) groups is 1. The molecule has 0 aliphatic carbocycles. The van der Waals surface area contributed by atoms with E-state index in [0.29, 0.717) is 17.9 Å². The molecule has 2 heterocycles. The Morgan fingerprint density at radius 3 is 2.95 bits per heavy atom. The van der Waals surface area contributed by atoms with Crippen LogP contribution in [0.3, 0.4) is 0 Å². The Morgan fingerprint density at radius 2 is 2.19 bits per heavy atom. The number of fused-ring (bicyclic) bond motifs is 1. The summed E-state index contributed by atoms with van der Waals surface area (Å²) in [5, 5.41) is 0. The maximum Gasteiger partial charge on any atom is 0.163 e. The van der Waals surface area contributed by atoms with Crippen LogP contribution in [0.1, 0.15) is 23.0 Å². The molecular weight excluding hydrogens is 332 g/mol. The molecule has 1 aromatic carbocycles. The highest BCUT2D eigenvalue weighted by Gasteiger charge is 2.10. The SMILES string of the molecule is CC(=O)c1cc(Br)ccc1OCc1cn2ccccc2n1. The van der Waals surface area contributed by atoms with Crippen molar-refractivity contribution in [3.05, 3.63) is 64.5 Å². The molecule has 0 fully saturated rings. The van der Waals surface area contributed by atoms with Gasteiger partial charge in [-0.15, -0.1) is 0 Å². The first-order valence-electron chi connectivity index (χ1n) is 6.49. The predicted molar refractivity (Wildman–Crippen MR) is 83.7 cm³/mol. The topological polar surface area (TPSA) is 43.6 Å². The first kappa shape index (κ1) is 13.8. The zero-order valence-corrected chi connectivity index (χ0v) is 13.0. The van der Waals surface area contributed by atoms with Gasteiger partial charge in [0.15, 0.2) is 5.78 Å². The number of benzene rings is 1. The largest absolute Gasteiger partial charge is 0.486 e. The summed E-state index contributed by atoms with van der Waals surface area (Å²) in [6.45, 7) is 1.85. The van der Waals surface area contributed by atoms with E-state index in [2.05, 4.69) is 20.9 Å². The molecule has 106 valence electrons. The Hall–Kier alpha value is -2.14. The second-order valence-corrected chi connectivity index (χ2v) is 5.60. The summed E-state index contributed by atoms with van der Waals surface area (Å²) in [4.78, 5) is 16.1. The Balaban J connectivity index is 1.83. The van der Waals surface area contributed by atoms with Crippen LogP contribution >= 0.6 is 15.9 Å². The highest BCUT2D eigenvalue weighted by Crippen LogP contribution is 2.24. The molecule has 2 aromatic heterocycles. The normalized spacial score (nSPS) is 10.8. The maximum absolute atomic E-state index is 11.7. The number of pyridine rings is 1. The van der Waals surface area contributed by atoms with E-state index in [1.807, 2.05) is 41.1 Å². The molecule has 0 aliphatic rings. The highest BCUT2D eigenvalue weighted by molar-refractivity contribution is 9.10. The van der Waals surface area contributed by atoms with Crippen LogP contribution in [0.2, 0.25) is 0 Å². The van der Waals surface area contributed by atoms with Crippen molar-refractivity contribution >= 4 is 27.4 Å². The summed E-state index contributed by atoms with van der Waals surface area (Å²) in [6, 6.07) is 11.2. The van der Waals surface area contributed by atoms with Crippen molar-refractivity contribution in [1.82, 2.24) is 9.38 Å². The minimum absolute atomic E-state index is 0.0266. The third-order valence-electron chi connectivity index (χ3n) is 3.11. The number of carbonyl (C=O) groups excluding carboxylic acids is 1. The van der Waals surface area contributed by atoms with Crippen LogP contribution in [-0.2, 0) is 6.61 Å². The lowest BCUT2D eigenvalue weighted by atomic mass is 10.1. The monoisotopic (exact) mass is 344 g/mol. The molecule has 5 heteroatoms. The summed E-state index contributed by atoms with van der Waals surface area (Å²) in [5.41, 5.74) is 2.26. The lowest BCUT2D eigenvalue weighted by Gasteiger charge is -2.08. The number of ether oxygens (including phenoxy) is 1. The molecule has 0 bridgehead atoms. The fourth-order valence-corrected chi connectivity index (χ4v) is 2.47. The van der Waals surface area contributed by atoms with Crippen molar-refractivity contribution in [3.63, 3.8) is 0 Å². The molecule has 0 amide bonds. The number of hydrogen-bond acceptors (Lipinski definition) is 3. The third kappa shape index (κ3) is 2.97. The van der Waals surface area contributed by atoms with Gasteiger partial charge in [0, 0.05) is 16.9 Å². The predicted octanol–water partition coefficient (Wildman–Crippen LogP) is 3.88.